The standard InChI is InChI=1S/C16H24BrN3O/c1-5-18-11(2)12-6-7-14(13(17)10-12)20-9-8-19-15(21)16(20,3)4/h6-7,10-11,18H,5,8-9H2,1-4H3,(H,19,21). The zero-order chi connectivity index (χ0) is 15.6. The number of piperazine rings is 1. The van der Waals surface area contributed by atoms with Crippen molar-refractivity contribution in [2.75, 3.05) is 24.5 Å². The lowest BCUT2D eigenvalue weighted by molar-refractivity contribution is -0.126. The lowest BCUT2D eigenvalue weighted by atomic mass is 9.97. The zero-order valence-electron chi connectivity index (χ0n) is 13.2. The first-order valence-electron chi connectivity index (χ1n) is 7.46. The molecule has 21 heavy (non-hydrogen) atoms. The molecule has 1 heterocycles. The first-order valence-corrected chi connectivity index (χ1v) is 8.26. The van der Waals surface area contributed by atoms with Crippen LogP contribution in [0.4, 0.5) is 5.69 Å². The molecule has 5 heteroatoms. The van der Waals surface area contributed by atoms with Crippen molar-refractivity contribution >= 4 is 27.5 Å². The third-order valence-electron chi connectivity index (χ3n) is 4.12. The molecule has 1 fully saturated rings. The number of halogens is 1. The molecule has 0 aliphatic carbocycles. The van der Waals surface area contributed by atoms with Gasteiger partial charge in [0.15, 0.2) is 0 Å². The van der Waals surface area contributed by atoms with E-state index in [1.807, 2.05) is 13.8 Å². The number of anilines is 1. The van der Waals surface area contributed by atoms with Crippen LogP contribution in [-0.2, 0) is 4.79 Å². The van der Waals surface area contributed by atoms with Crippen molar-refractivity contribution in [3.63, 3.8) is 0 Å². The summed E-state index contributed by atoms with van der Waals surface area (Å²) in [5, 5.41) is 6.34. The van der Waals surface area contributed by atoms with Crippen molar-refractivity contribution in [1.82, 2.24) is 10.6 Å². The van der Waals surface area contributed by atoms with Gasteiger partial charge in [0.25, 0.3) is 0 Å². The van der Waals surface area contributed by atoms with E-state index in [1.165, 1.54) is 5.56 Å². The van der Waals surface area contributed by atoms with Crippen LogP contribution in [0, 0.1) is 0 Å². The zero-order valence-corrected chi connectivity index (χ0v) is 14.8. The average molecular weight is 354 g/mol. The minimum Gasteiger partial charge on any atom is -0.355 e. The van der Waals surface area contributed by atoms with Crippen molar-refractivity contribution in [2.24, 2.45) is 0 Å². The second-order valence-corrected chi connectivity index (χ2v) is 6.81. The number of nitrogens with one attached hydrogen (secondary N) is 2. The first-order chi connectivity index (χ1) is 9.87. The van der Waals surface area contributed by atoms with Crippen LogP contribution in [-0.4, -0.2) is 31.1 Å². The largest absolute Gasteiger partial charge is 0.355 e. The molecule has 0 saturated carbocycles. The molecular weight excluding hydrogens is 330 g/mol. The summed E-state index contributed by atoms with van der Waals surface area (Å²) < 4.78 is 1.03. The molecule has 1 aliphatic heterocycles. The smallest absolute Gasteiger partial charge is 0.245 e. The number of carbonyl (C=O) groups is 1. The lowest BCUT2D eigenvalue weighted by Gasteiger charge is -2.43. The maximum absolute atomic E-state index is 12.1. The summed E-state index contributed by atoms with van der Waals surface area (Å²) in [7, 11) is 0. The van der Waals surface area contributed by atoms with E-state index < -0.39 is 5.54 Å². The summed E-state index contributed by atoms with van der Waals surface area (Å²) in [6.07, 6.45) is 0. The number of amides is 1. The molecular formula is C16H24BrN3O. The molecule has 1 saturated heterocycles. The summed E-state index contributed by atoms with van der Waals surface area (Å²) in [5.74, 6) is 0.0748. The van der Waals surface area contributed by atoms with Crippen LogP contribution in [0.2, 0.25) is 0 Å². The van der Waals surface area contributed by atoms with Gasteiger partial charge < -0.3 is 15.5 Å². The van der Waals surface area contributed by atoms with Crippen molar-refractivity contribution in [1.29, 1.82) is 0 Å². The van der Waals surface area contributed by atoms with Gasteiger partial charge in [-0.2, -0.15) is 0 Å². The SMILES string of the molecule is CCNC(C)c1ccc(N2CCNC(=O)C2(C)C)c(Br)c1. The van der Waals surface area contributed by atoms with Crippen molar-refractivity contribution in [3.8, 4) is 0 Å². The molecule has 1 amide bonds. The van der Waals surface area contributed by atoms with Crippen LogP contribution in [0.3, 0.4) is 0 Å². The van der Waals surface area contributed by atoms with Crippen LogP contribution in [0.5, 0.6) is 0 Å². The molecule has 1 atom stereocenters. The lowest BCUT2D eigenvalue weighted by Crippen LogP contribution is -2.62. The van der Waals surface area contributed by atoms with Gasteiger partial charge in [-0.15, -0.1) is 0 Å². The second kappa shape index (κ2) is 6.36. The third-order valence-corrected chi connectivity index (χ3v) is 4.76. The Morgan fingerprint density at radius 2 is 2.19 bits per heavy atom. The third kappa shape index (κ3) is 3.24. The Hall–Kier alpha value is -1.07. The van der Waals surface area contributed by atoms with Gasteiger partial charge in [0.2, 0.25) is 5.91 Å². The summed E-state index contributed by atoms with van der Waals surface area (Å²) in [6.45, 7) is 10.6. The van der Waals surface area contributed by atoms with Gasteiger partial charge in [-0.1, -0.05) is 13.0 Å². The Morgan fingerprint density at radius 3 is 2.81 bits per heavy atom. The van der Waals surface area contributed by atoms with E-state index in [4.69, 9.17) is 0 Å². The van der Waals surface area contributed by atoms with Gasteiger partial charge in [-0.3, -0.25) is 4.79 Å². The summed E-state index contributed by atoms with van der Waals surface area (Å²) in [5.41, 5.74) is 1.78. The molecule has 4 nitrogen and oxygen atoms in total. The fourth-order valence-electron chi connectivity index (χ4n) is 2.76. The van der Waals surface area contributed by atoms with Crippen LogP contribution >= 0.6 is 15.9 Å². The fraction of sp³-hybridized carbons (Fsp3) is 0.562. The molecule has 0 bridgehead atoms. The number of hydrogen-bond acceptors (Lipinski definition) is 3. The Morgan fingerprint density at radius 1 is 1.48 bits per heavy atom. The van der Waals surface area contributed by atoms with Crippen LogP contribution < -0.4 is 15.5 Å². The number of nitrogens with zero attached hydrogens (tertiary/aromatic N) is 1. The Balaban J connectivity index is 2.30. The highest BCUT2D eigenvalue weighted by molar-refractivity contribution is 9.10. The molecule has 0 radical (unpaired) electrons. The van der Waals surface area contributed by atoms with E-state index >= 15 is 0 Å². The average Bonchev–Trinajstić information content (AvgIpc) is 2.42. The van der Waals surface area contributed by atoms with Crippen molar-refractivity contribution < 1.29 is 4.79 Å². The molecule has 0 spiro atoms. The van der Waals surface area contributed by atoms with Gasteiger partial charge in [0, 0.05) is 23.6 Å². The van der Waals surface area contributed by atoms with E-state index in [0.29, 0.717) is 12.6 Å². The van der Waals surface area contributed by atoms with E-state index in [2.05, 4.69) is 63.5 Å². The molecule has 116 valence electrons. The highest BCUT2D eigenvalue weighted by Crippen LogP contribution is 2.34. The monoisotopic (exact) mass is 353 g/mol. The van der Waals surface area contributed by atoms with Gasteiger partial charge in [-0.05, 0) is 60.9 Å². The molecule has 1 aliphatic rings. The van der Waals surface area contributed by atoms with Crippen LogP contribution in [0.1, 0.15) is 39.3 Å². The van der Waals surface area contributed by atoms with E-state index in [1.54, 1.807) is 0 Å². The van der Waals surface area contributed by atoms with Gasteiger partial charge in [-0.25, -0.2) is 0 Å². The highest BCUT2D eigenvalue weighted by Gasteiger charge is 2.38. The maximum atomic E-state index is 12.1. The fourth-order valence-corrected chi connectivity index (χ4v) is 3.37. The molecule has 0 aromatic heterocycles. The van der Waals surface area contributed by atoms with Crippen LogP contribution in [0.15, 0.2) is 22.7 Å². The Kier molecular flexibility index (Phi) is 4.94. The number of benzene rings is 1. The van der Waals surface area contributed by atoms with Gasteiger partial charge >= 0.3 is 0 Å². The Bertz CT molecular complexity index is 530. The van der Waals surface area contributed by atoms with Gasteiger partial charge in [0.1, 0.15) is 5.54 Å². The highest BCUT2D eigenvalue weighted by atomic mass is 79.9. The van der Waals surface area contributed by atoms with E-state index in [9.17, 15) is 4.79 Å². The molecule has 1 aromatic rings. The summed E-state index contributed by atoms with van der Waals surface area (Å²) in [6, 6.07) is 6.70. The number of hydrogen-bond donors (Lipinski definition) is 2. The normalized spacial score (nSPS) is 19.3. The quantitative estimate of drug-likeness (QED) is 0.874. The topological polar surface area (TPSA) is 44.4 Å². The Labute approximate surface area is 135 Å². The first kappa shape index (κ1) is 16.3. The summed E-state index contributed by atoms with van der Waals surface area (Å²) >= 11 is 3.67. The van der Waals surface area contributed by atoms with Crippen LogP contribution in [0.25, 0.3) is 0 Å². The molecule has 2 rings (SSSR count). The number of rotatable bonds is 4. The molecule has 1 aromatic carbocycles. The maximum Gasteiger partial charge on any atom is 0.245 e. The molecule has 2 N–H and O–H groups in total. The molecule has 1 unspecified atom stereocenters. The van der Waals surface area contributed by atoms with E-state index in [0.717, 1.165) is 23.2 Å². The summed E-state index contributed by atoms with van der Waals surface area (Å²) in [4.78, 5) is 14.3. The minimum atomic E-state index is -0.532. The predicted octanol–water partition coefficient (Wildman–Crippen LogP) is 2.83. The number of carbonyl (C=O) groups excluding carboxylic acids is 1. The van der Waals surface area contributed by atoms with Gasteiger partial charge in [0.05, 0.1) is 5.69 Å². The van der Waals surface area contributed by atoms with E-state index in [-0.39, 0.29) is 5.91 Å². The second-order valence-electron chi connectivity index (χ2n) is 5.96. The van der Waals surface area contributed by atoms with Crippen molar-refractivity contribution in [2.45, 2.75) is 39.3 Å². The minimum absolute atomic E-state index is 0.0748. The van der Waals surface area contributed by atoms with Crippen molar-refractivity contribution in [3.05, 3.63) is 28.2 Å². The predicted molar refractivity (Wildman–Crippen MR) is 90.7 cm³/mol.